The van der Waals surface area contributed by atoms with E-state index in [4.69, 9.17) is 10.5 Å². The van der Waals surface area contributed by atoms with Gasteiger partial charge in [-0.15, -0.1) is 11.3 Å². The molecule has 3 heterocycles. The van der Waals surface area contributed by atoms with Crippen LogP contribution in [0.3, 0.4) is 0 Å². The summed E-state index contributed by atoms with van der Waals surface area (Å²) in [6.07, 6.45) is 1.66. The molecule has 0 spiro atoms. The normalized spacial score (nSPS) is 10.6. The summed E-state index contributed by atoms with van der Waals surface area (Å²) in [7, 11) is 1.61. The lowest BCUT2D eigenvalue weighted by Gasteiger charge is -2.07. The van der Waals surface area contributed by atoms with Gasteiger partial charge in [0, 0.05) is 18.7 Å². The van der Waals surface area contributed by atoms with Crippen LogP contribution in [0.1, 0.15) is 21.9 Å². The number of carbonyl (C=O) groups is 1. The predicted octanol–water partition coefficient (Wildman–Crippen LogP) is 1.65. The van der Waals surface area contributed by atoms with Crippen LogP contribution in [0.5, 0.6) is 0 Å². The van der Waals surface area contributed by atoms with Crippen molar-refractivity contribution in [3.8, 4) is 10.7 Å². The molecule has 0 saturated heterocycles. The zero-order valence-corrected chi connectivity index (χ0v) is 14.3. The van der Waals surface area contributed by atoms with Crippen molar-refractivity contribution in [1.82, 2.24) is 25.3 Å². The lowest BCUT2D eigenvalue weighted by atomic mass is 10.3. The highest BCUT2D eigenvalue weighted by Crippen LogP contribution is 2.20. The lowest BCUT2D eigenvalue weighted by Crippen LogP contribution is -2.25. The molecule has 0 radical (unpaired) electrons. The van der Waals surface area contributed by atoms with Gasteiger partial charge in [0.2, 0.25) is 5.95 Å². The Balaban J connectivity index is 1.72. The van der Waals surface area contributed by atoms with E-state index in [0.29, 0.717) is 17.3 Å². The molecule has 0 aliphatic carbocycles. The average Bonchev–Trinajstić information content (AvgIpc) is 3.14. The van der Waals surface area contributed by atoms with Crippen LogP contribution in [-0.2, 0) is 17.9 Å². The first-order valence-corrected chi connectivity index (χ1v) is 8.30. The third kappa shape index (κ3) is 4.34. The number of rotatable bonds is 6. The van der Waals surface area contributed by atoms with Crippen molar-refractivity contribution in [3.05, 3.63) is 52.9 Å². The molecule has 0 atom stereocenters. The topological polar surface area (TPSA) is 116 Å². The number of nitrogen functional groups attached to an aromatic ring is 1. The molecular weight excluding hydrogens is 340 g/mol. The standard InChI is InChI=1S/C16H16N6O2S/c1-24-9-11-4-2-3-10(20-11)8-19-14(23)12-7-13(22-16(17)21-12)15-18-5-6-25-15/h2-7H,8-9H2,1H3,(H,19,23)(H2,17,21,22). The zero-order valence-electron chi connectivity index (χ0n) is 13.5. The van der Waals surface area contributed by atoms with E-state index in [9.17, 15) is 4.79 Å². The van der Waals surface area contributed by atoms with Gasteiger partial charge < -0.3 is 15.8 Å². The molecule has 0 aliphatic rings. The number of anilines is 1. The molecule has 3 N–H and O–H groups in total. The summed E-state index contributed by atoms with van der Waals surface area (Å²) in [5, 5.41) is 5.28. The summed E-state index contributed by atoms with van der Waals surface area (Å²) < 4.78 is 5.05. The third-order valence-corrected chi connectivity index (χ3v) is 4.01. The van der Waals surface area contributed by atoms with Crippen LogP contribution in [0.25, 0.3) is 10.7 Å². The van der Waals surface area contributed by atoms with Crippen LogP contribution in [-0.4, -0.2) is 33.0 Å². The second-order valence-electron chi connectivity index (χ2n) is 5.07. The molecule has 1 amide bonds. The minimum Gasteiger partial charge on any atom is -0.378 e. The summed E-state index contributed by atoms with van der Waals surface area (Å²) >= 11 is 1.41. The van der Waals surface area contributed by atoms with Crippen molar-refractivity contribution >= 4 is 23.2 Å². The van der Waals surface area contributed by atoms with Crippen LogP contribution < -0.4 is 11.1 Å². The monoisotopic (exact) mass is 356 g/mol. The summed E-state index contributed by atoms with van der Waals surface area (Å²) in [6.45, 7) is 0.689. The van der Waals surface area contributed by atoms with Gasteiger partial charge in [0.05, 0.1) is 24.5 Å². The molecule has 3 aromatic heterocycles. The quantitative estimate of drug-likeness (QED) is 0.690. The van der Waals surface area contributed by atoms with Crippen molar-refractivity contribution in [2.75, 3.05) is 12.8 Å². The van der Waals surface area contributed by atoms with E-state index in [1.165, 1.54) is 11.3 Å². The van der Waals surface area contributed by atoms with Crippen molar-refractivity contribution in [3.63, 3.8) is 0 Å². The van der Waals surface area contributed by atoms with Gasteiger partial charge >= 0.3 is 0 Å². The molecule has 0 aliphatic heterocycles. The Hall–Kier alpha value is -2.91. The molecule has 8 nitrogen and oxygen atoms in total. The first-order chi connectivity index (χ1) is 12.2. The number of pyridine rings is 1. The highest BCUT2D eigenvalue weighted by molar-refractivity contribution is 7.13. The van der Waals surface area contributed by atoms with E-state index >= 15 is 0 Å². The van der Waals surface area contributed by atoms with Gasteiger partial charge in [-0.2, -0.15) is 0 Å². The Bertz CT molecular complexity index is 869. The van der Waals surface area contributed by atoms with Crippen molar-refractivity contribution in [2.45, 2.75) is 13.2 Å². The highest BCUT2D eigenvalue weighted by atomic mass is 32.1. The van der Waals surface area contributed by atoms with Crippen LogP contribution in [0.4, 0.5) is 5.95 Å². The van der Waals surface area contributed by atoms with Gasteiger partial charge in [0.15, 0.2) is 0 Å². The third-order valence-electron chi connectivity index (χ3n) is 3.21. The van der Waals surface area contributed by atoms with Gasteiger partial charge in [-0.25, -0.2) is 15.0 Å². The smallest absolute Gasteiger partial charge is 0.270 e. The molecule has 9 heteroatoms. The van der Waals surface area contributed by atoms with Gasteiger partial charge in [-0.3, -0.25) is 9.78 Å². The van der Waals surface area contributed by atoms with Crippen molar-refractivity contribution in [2.24, 2.45) is 0 Å². The highest BCUT2D eigenvalue weighted by Gasteiger charge is 2.13. The van der Waals surface area contributed by atoms with Crippen LogP contribution in [0.15, 0.2) is 35.8 Å². The number of carbonyl (C=O) groups excluding carboxylic acids is 1. The number of methoxy groups -OCH3 is 1. The Morgan fingerprint density at radius 3 is 2.88 bits per heavy atom. The second kappa shape index (κ2) is 7.77. The zero-order chi connectivity index (χ0) is 17.6. The van der Waals surface area contributed by atoms with E-state index in [1.807, 2.05) is 23.6 Å². The largest absolute Gasteiger partial charge is 0.378 e. The Morgan fingerprint density at radius 2 is 2.12 bits per heavy atom. The fourth-order valence-electron chi connectivity index (χ4n) is 2.16. The molecule has 3 aromatic rings. The average molecular weight is 356 g/mol. The molecule has 0 saturated carbocycles. The molecule has 0 aromatic carbocycles. The predicted molar refractivity (Wildman–Crippen MR) is 93.7 cm³/mol. The van der Waals surface area contributed by atoms with E-state index in [1.54, 1.807) is 19.4 Å². The minimum absolute atomic E-state index is 0.0260. The fourth-order valence-corrected chi connectivity index (χ4v) is 2.76. The van der Waals surface area contributed by atoms with Crippen molar-refractivity contribution in [1.29, 1.82) is 0 Å². The van der Waals surface area contributed by atoms with Crippen LogP contribution in [0, 0.1) is 0 Å². The molecule has 0 unspecified atom stereocenters. The molecule has 0 fully saturated rings. The van der Waals surface area contributed by atoms with E-state index in [0.717, 1.165) is 11.4 Å². The van der Waals surface area contributed by atoms with E-state index < -0.39 is 0 Å². The number of aromatic nitrogens is 4. The summed E-state index contributed by atoms with van der Waals surface area (Å²) in [4.78, 5) is 29.1. The molecular formula is C16H16N6O2S. The Morgan fingerprint density at radius 1 is 1.28 bits per heavy atom. The van der Waals surface area contributed by atoms with E-state index in [2.05, 4.69) is 25.3 Å². The first-order valence-electron chi connectivity index (χ1n) is 7.42. The number of nitrogens with two attached hydrogens (primary N) is 1. The SMILES string of the molecule is COCc1cccc(CNC(=O)c2cc(-c3nccs3)nc(N)n2)n1. The van der Waals surface area contributed by atoms with Gasteiger partial charge in [0.1, 0.15) is 16.4 Å². The Kier molecular flexibility index (Phi) is 5.26. The molecule has 0 bridgehead atoms. The number of hydrogen-bond acceptors (Lipinski definition) is 8. The molecule has 25 heavy (non-hydrogen) atoms. The summed E-state index contributed by atoms with van der Waals surface area (Å²) in [5.41, 5.74) is 7.94. The maximum Gasteiger partial charge on any atom is 0.270 e. The molecule has 3 rings (SSSR count). The molecule has 128 valence electrons. The van der Waals surface area contributed by atoms with Gasteiger partial charge in [-0.1, -0.05) is 6.07 Å². The number of ether oxygens (including phenoxy) is 1. The van der Waals surface area contributed by atoms with Crippen LogP contribution >= 0.6 is 11.3 Å². The second-order valence-corrected chi connectivity index (χ2v) is 5.96. The minimum atomic E-state index is -0.356. The number of hydrogen-bond donors (Lipinski definition) is 2. The first kappa shape index (κ1) is 16.9. The summed E-state index contributed by atoms with van der Waals surface area (Å²) in [6, 6.07) is 7.13. The fraction of sp³-hybridized carbons (Fsp3) is 0.188. The summed E-state index contributed by atoms with van der Waals surface area (Å²) in [5.74, 6) is -0.330. The maximum absolute atomic E-state index is 12.4. The van der Waals surface area contributed by atoms with E-state index in [-0.39, 0.29) is 24.1 Å². The Labute approximate surface area is 148 Å². The number of nitrogens with zero attached hydrogens (tertiary/aromatic N) is 4. The van der Waals surface area contributed by atoms with Gasteiger partial charge in [-0.05, 0) is 18.2 Å². The number of nitrogens with one attached hydrogen (secondary N) is 1. The maximum atomic E-state index is 12.4. The van der Waals surface area contributed by atoms with Gasteiger partial charge in [0.25, 0.3) is 5.91 Å². The lowest BCUT2D eigenvalue weighted by molar-refractivity contribution is 0.0945. The van der Waals surface area contributed by atoms with Crippen molar-refractivity contribution < 1.29 is 9.53 Å². The van der Waals surface area contributed by atoms with Crippen LogP contribution in [0.2, 0.25) is 0 Å². The number of amides is 1. The number of thiazole rings is 1.